The van der Waals surface area contributed by atoms with E-state index < -0.39 is 0 Å². The van der Waals surface area contributed by atoms with Crippen molar-refractivity contribution in [2.45, 2.75) is 32.3 Å². The summed E-state index contributed by atoms with van der Waals surface area (Å²) in [7, 11) is 2.04. The van der Waals surface area contributed by atoms with Crippen LogP contribution in [0.4, 0.5) is 5.69 Å². The Hall–Kier alpha value is -1.22. The second kappa shape index (κ2) is 5.61. The number of aliphatic hydroxyl groups excluding tert-OH is 1. The van der Waals surface area contributed by atoms with E-state index in [0.717, 1.165) is 31.5 Å². The van der Waals surface area contributed by atoms with Gasteiger partial charge in [0.2, 0.25) is 0 Å². The smallest absolute Gasteiger partial charge is 0.115 e. The fraction of sp³-hybridized carbons (Fsp3) is 0.600. The minimum Gasteiger partial charge on any atom is -0.508 e. The molecule has 18 heavy (non-hydrogen) atoms. The molecule has 3 unspecified atom stereocenters. The van der Waals surface area contributed by atoms with E-state index in [9.17, 15) is 10.2 Å². The molecule has 1 fully saturated rings. The van der Waals surface area contributed by atoms with Gasteiger partial charge in [-0.25, -0.2) is 0 Å². The maximum absolute atomic E-state index is 10.1. The summed E-state index contributed by atoms with van der Waals surface area (Å²) in [4.78, 5) is 2.16. The Kier molecular flexibility index (Phi) is 4.12. The van der Waals surface area contributed by atoms with E-state index in [4.69, 9.17) is 0 Å². The van der Waals surface area contributed by atoms with Gasteiger partial charge in [-0.3, -0.25) is 0 Å². The van der Waals surface area contributed by atoms with E-state index in [-0.39, 0.29) is 6.10 Å². The molecule has 1 aliphatic rings. The molecule has 2 N–H and O–H groups in total. The molecule has 3 nitrogen and oxygen atoms in total. The molecule has 1 saturated carbocycles. The summed E-state index contributed by atoms with van der Waals surface area (Å²) in [6, 6.07) is 7.22. The largest absolute Gasteiger partial charge is 0.508 e. The SMILES string of the molecule is CC1CCC(O)C(CN(C)c2ccc(O)cc2)C1. The highest BCUT2D eigenvalue weighted by Crippen LogP contribution is 2.30. The molecule has 1 aromatic rings. The Morgan fingerprint density at radius 3 is 2.56 bits per heavy atom. The van der Waals surface area contributed by atoms with Crippen molar-refractivity contribution in [1.29, 1.82) is 0 Å². The highest BCUT2D eigenvalue weighted by Gasteiger charge is 2.27. The van der Waals surface area contributed by atoms with Gasteiger partial charge in [-0.1, -0.05) is 6.92 Å². The second-order valence-corrected chi connectivity index (χ2v) is 5.64. The maximum atomic E-state index is 10.1. The van der Waals surface area contributed by atoms with E-state index in [1.807, 2.05) is 19.2 Å². The van der Waals surface area contributed by atoms with Crippen LogP contribution in [0.25, 0.3) is 0 Å². The van der Waals surface area contributed by atoms with E-state index >= 15 is 0 Å². The third-order valence-electron chi connectivity index (χ3n) is 4.00. The number of anilines is 1. The van der Waals surface area contributed by atoms with Crippen molar-refractivity contribution in [2.75, 3.05) is 18.5 Å². The molecular formula is C15H23NO2. The van der Waals surface area contributed by atoms with E-state index in [1.54, 1.807) is 12.1 Å². The topological polar surface area (TPSA) is 43.7 Å². The molecule has 0 amide bonds. The molecule has 1 aliphatic carbocycles. The fourth-order valence-corrected chi connectivity index (χ4v) is 2.84. The van der Waals surface area contributed by atoms with Gasteiger partial charge in [0.05, 0.1) is 6.10 Å². The second-order valence-electron chi connectivity index (χ2n) is 5.64. The molecule has 1 aromatic carbocycles. The Morgan fingerprint density at radius 1 is 1.22 bits per heavy atom. The maximum Gasteiger partial charge on any atom is 0.115 e. The highest BCUT2D eigenvalue weighted by molar-refractivity contribution is 5.48. The number of hydrogen-bond donors (Lipinski definition) is 2. The Morgan fingerprint density at radius 2 is 1.89 bits per heavy atom. The van der Waals surface area contributed by atoms with Gasteiger partial charge < -0.3 is 15.1 Å². The van der Waals surface area contributed by atoms with Crippen LogP contribution in [-0.4, -0.2) is 29.9 Å². The molecule has 3 heteroatoms. The summed E-state index contributed by atoms with van der Waals surface area (Å²) < 4.78 is 0. The van der Waals surface area contributed by atoms with Gasteiger partial charge in [0.15, 0.2) is 0 Å². The zero-order chi connectivity index (χ0) is 13.1. The van der Waals surface area contributed by atoms with Crippen molar-refractivity contribution in [3.63, 3.8) is 0 Å². The third kappa shape index (κ3) is 3.16. The summed E-state index contributed by atoms with van der Waals surface area (Å²) in [5.41, 5.74) is 1.08. The summed E-state index contributed by atoms with van der Waals surface area (Å²) in [6.45, 7) is 3.13. The Balaban J connectivity index is 1.97. The quantitative estimate of drug-likeness (QED) is 0.865. The number of hydrogen-bond acceptors (Lipinski definition) is 3. The molecule has 0 aromatic heterocycles. The summed E-state index contributed by atoms with van der Waals surface area (Å²) in [5, 5.41) is 19.3. The van der Waals surface area contributed by atoms with Crippen molar-refractivity contribution in [3.8, 4) is 5.75 Å². The van der Waals surface area contributed by atoms with Crippen LogP contribution in [0.1, 0.15) is 26.2 Å². The average Bonchev–Trinajstić information content (AvgIpc) is 2.34. The standard InChI is InChI=1S/C15H23NO2/c1-11-3-8-15(18)12(9-11)10-16(2)13-4-6-14(17)7-5-13/h4-7,11-12,15,17-18H,3,8-10H2,1-2H3. The third-order valence-corrected chi connectivity index (χ3v) is 4.00. The number of rotatable bonds is 3. The number of aromatic hydroxyl groups is 1. The lowest BCUT2D eigenvalue weighted by molar-refractivity contribution is 0.0556. The lowest BCUT2D eigenvalue weighted by atomic mass is 9.80. The van der Waals surface area contributed by atoms with Crippen molar-refractivity contribution < 1.29 is 10.2 Å². The molecule has 100 valence electrons. The van der Waals surface area contributed by atoms with Crippen LogP contribution >= 0.6 is 0 Å². The molecular weight excluding hydrogens is 226 g/mol. The van der Waals surface area contributed by atoms with Gasteiger partial charge in [0, 0.05) is 25.2 Å². The van der Waals surface area contributed by atoms with Crippen molar-refractivity contribution in [3.05, 3.63) is 24.3 Å². The molecule has 0 bridgehead atoms. The summed E-state index contributed by atoms with van der Waals surface area (Å²) >= 11 is 0. The zero-order valence-corrected chi connectivity index (χ0v) is 11.2. The molecule has 0 radical (unpaired) electrons. The van der Waals surface area contributed by atoms with Gasteiger partial charge in [-0.2, -0.15) is 0 Å². The minimum atomic E-state index is -0.166. The predicted molar refractivity (Wildman–Crippen MR) is 73.9 cm³/mol. The Bertz CT molecular complexity index is 377. The van der Waals surface area contributed by atoms with Gasteiger partial charge in [-0.05, 0) is 49.4 Å². The first kappa shape index (κ1) is 13.2. The first-order chi connectivity index (χ1) is 8.56. The number of aliphatic hydroxyl groups is 1. The van der Waals surface area contributed by atoms with E-state index in [1.165, 1.54) is 0 Å². The van der Waals surface area contributed by atoms with Gasteiger partial charge in [-0.15, -0.1) is 0 Å². The number of phenolic OH excluding ortho intramolecular Hbond substituents is 1. The predicted octanol–water partition coefficient (Wildman–Crippen LogP) is 2.63. The van der Waals surface area contributed by atoms with Crippen LogP contribution in [0.15, 0.2) is 24.3 Å². The van der Waals surface area contributed by atoms with E-state index in [2.05, 4.69) is 11.8 Å². The zero-order valence-electron chi connectivity index (χ0n) is 11.2. The van der Waals surface area contributed by atoms with Crippen molar-refractivity contribution in [1.82, 2.24) is 0 Å². The summed E-state index contributed by atoms with van der Waals surface area (Å²) in [5.74, 6) is 1.36. The molecule has 0 heterocycles. The number of benzene rings is 1. The van der Waals surface area contributed by atoms with Crippen LogP contribution in [0.2, 0.25) is 0 Å². The average molecular weight is 249 g/mol. The van der Waals surface area contributed by atoms with Crippen LogP contribution in [0.5, 0.6) is 5.75 Å². The number of phenols is 1. The fourth-order valence-electron chi connectivity index (χ4n) is 2.84. The number of nitrogens with zero attached hydrogens (tertiary/aromatic N) is 1. The lowest BCUT2D eigenvalue weighted by Gasteiger charge is -2.35. The first-order valence-electron chi connectivity index (χ1n) is 6.74. The molecule has 0 spiro atoms. The molecule has 0 saturated heterocycles. The molecule has 0 aliphatic heterocycles. The monoisotopic (exact) mass is 249 g/mol. The molecule has 3 atom stereocenters. The van der Waals surface area contributed by atoms with Crippen molar-refractivity contribution >= 4 is 5.69 Å². The first-order valence-corrected chi connectivity index (χ1v) is 6.74. The van der Waals surface area contributed by atoms with Crippen LogP contribution in [0.3, 0.4) is 0 Å². The van der Waals surface area contributed by atoms with Crippen molar-refractivity contribution in [2.24, 2.45) is 11.8 Å². The van der Waals surface area contributed by atoms with Crippen LogP contribution in [0, 0.1) is 11.8 Å². The summed E-state index contributed by atoms with van der Waals surface area (Å²) in [6.07, 6.45) is 3.00. The van der Waals surface area contributed by atoms with Crippen LogP contribution < -0.4 is 4.90 Å². The Labute approximate surface area is 109 Å². The molecule has 2 rings (SSSR count). The van der Waals surface area contributed by atoms with E-state index in [0.29, 0.717) is 17.6 Å². The van der Waals surface area contributed by atoms with Gasteiger partial charge in [0.1, 0.15) is 5.75 Å². The lowest BCUT2D eigenvalue weighted by Crippen LogP contribution is -2.37. The van der Waals surface area contributed by atoms with Gasteiger partial charge in [0.25, 0.3) is 0 Å². The minimum absolute atomic E-state index is 0.166. The highest BCUT2D eigenvalue weighted by atomic mass is 16.3. The van der Waals surface area contributed by atoms with Crippen LogP contribution in [-0.2, 0) is 0 Å². The van der Waals surface area contributed by atoms with Gasteiger partial charge >= 0.3 is 0 Å². The normalized spacial score (nSPS) is 28.1.